The van der Waals surface area contributed by atoms with Crippen LogP contribution in [0.4, 0.5) is 0 Å². The Morgan fingerprint density at radius 1 is 1.09 bits per heavy atom. The number of fused-ring (bicyclic) bond motifs is 1. The maximum absolute atomic E-state index is 12.8. The van der Waals surface area contributed by atoms with E-state index in [1.807, 2.05) is 47.4 Å². The van der Waals surface area contributed by atoms with Gasteiger partial charge in [-0.1, -0.05) is 18.2 Å². The molecule has 4 heteroatoms. The van der Waals surface area contributed by atoms with E-state index < -0.39 is 0 Å². The summed E-state index contributed by atoms with van der Waals surface area (Å²) in [7, 11) is 3.27. The number of methoxy groups -OCH3 is 2. The molecule has 1 aliphatic heterocycles. The second-order valence-electron chi connectivity index (χ2n) is 5.70. The number of carbonyl (C=O) groups excluding carboxylic acids is 1. The Balaban J connectivity index is 1.94. The zero-order chi connectivity index (χ0) is 16.4. The predicted octanol–water partition coefficient (Wildman–Crippen LogP) is 3.46. The van der Waals surface area contributed by atoms with E-state index in [9.17, 15) is 4.79 Å². The molecule has 0 bridgehead atoms. The summed E-state index contributed by atoms with van der Waals surface area (Å²) in [5.74, 6) is 1.51. The summed E-state index contributed by atoms with van der Waals surface area (Å²) in [6.07, 6.45) is 0.818. The largest absolute Gasteiger partial charge is 0.493 e. The molecule has 0 fully saturated rings. The molecular formula is C19H21NO3. The van der Waals surface area contributed by atoms with Crippen LogP contribution in [0.2, 0.25) is 0 Å². The van der Waals surface area contributed by atoms with E-state index in [0.29, 0.717) is 12.3 Å². The first-order valence-electron chi connectivity index (χ1n) is 7.76. The Kier molecular flexibility index (Phi) is 4.24. The van der Waals surface area contributed by atoms with Crippen molar-refractivity contribution in [2.45, 2.75) is 19.4 Å². The average molecular weight is 311 g/mol. The molecule has 0 aromatic heterocycles. The molecule has 4 nitrogen and oxygen atoms in total. The van der Waals surface area contributed by atoms with Crippen molar-refractivity contribution in [3.8, 4) is 11.5 Å². The van der Waals surface area contributed by atoms with Gasteiger partial charge in [0.15, 0.2) is 11.5 Å². The molecule has 23 heavy (non-hydrogen) atoms. The first-order valence-corrected chi connectivity index (χ1v) is 7.76. The van der Waals surface area contributed by atoms with Crippen molar-refractivity contribution in [1.29, 1.82) is 0 Å². The lowest BCUT2D eigenvalue weighted by Crippen LogP contribution is -2.38. The minimum atomic E-state index is 0.00580. The fourth-order valence-corrected chi connectivity index (χ4v) is 3.17. The molecule has 3 rings (SSSR count). The van der Waals surface area contributed by atoms with Crippen LogP contribution >= 0.6 is 0 Å². The third-order valence-corrected chi connectivity index (χ3v) is 4.47. The highest BCUT2D eigenvalue weighted by Gasteiger charge is 2.29. The van der Waals surface area contributed by atoms with Crippen molar-refractivity contribution in [2.24, 2.45) is 0 Å². The van der Waals surface area contributed by atoms with Gasteiger partial charge in [-0.2, -0.15) is 0 Å². The highest BCUT2D eigenvalue weighted by Crippen LogP contribution is 2.38. The maximum atomic E-state index is 12.8. The number of nitrogens with zero attached hydrogens (tertiary/aromatic N) is 1. The summed E-state index contributed by atoms with van der Waals surface area (Å²) in [6.45, 7) is 2.77. The smallest absolute Gasteiger partial charge is 0.254 e. The van der Waals surface area contributed by atoms with E-state index in [-0.39, 0.29) is 11.9 Å². The van der Waals surface area contributed by atoms with Crippen LogP contribution in [0.1, 0.15) is 34.5 Å². The van der Waals surface area contributed by atoms with Gasteiger partial charge in [-0.25, -0.2) is 0 Å². The van der Waals surface area contributed by atoms with Crippen molar-refractivity contribution in [3.63, 3.8) is 0 Å². The molecule has 2 aromatic rings. The van der Waals surface area contributed by atoms with E-state index in [1.165, 1.54) is 5.56 Å². The summed E-state index contributed by atoms with van der Waals surface area (Å²) >= 11 is 0. The number of benzene rings is 2. The fraction of sp³-hybridized carbons (Fsp3) is 0.316. The average Bonchev–Trinajstić information content (AvgIpc) is 2.61. The molecule has 0 aliphatic carbocycles. The van der Waals surface area contributed by atoms with Crippen molar-refractivity contribution in [2.75, 3.05) is 20.8 Å². The molecule has 0 spiro atoms. The minimum Gasteiger partial charge on any atom is -0.493 e. The minimum absolute atomic E-state index is 0.00580. The van der Waals surface area contributed by atoms with Gasteiger partial charge in [-0.15, -0.1) is 0 Å². The van der Waals surface area contributed by atoms with E-state index in [4.69, 9.17) is 9.47 Å². The van der Waals surface area contributed by atoms with Crippen LogP contribution in [0, 0.1) is 0 Å². The SMILES string of the molecule is COc1cc2c(cc1OC)C(C)N(C(=O)c1ccccc1)CC2. The highest BCUT2D eigenvalue weighted by molar-refractivity contribution is 5.94. The zero-order valence-electron chi connectivity index (χ0n) is 13.7. The Morgan fingerprint density at radius 3 is 2.39 bits per heavy atom. The molecule has 0 saturated carbocycles. The number of hydrogen-bond acceptors (Lipinski definition) is 3. The lowest BCUT2D eigenvalue weighted by molar-refractivity contribution is 0.0677. The molecule has 1 unspecified atom stereocenters. The van der Waals surface area contributed by atoms with Gasteiger partial charge in [-0.05, 0) is 48.7 Å². The normalized spacial score (nSPS) is 16.7. The topological polar surface area (TPSA) is 38.8 Å². The second-order valence-corrected chi connectivity index (χ2v) is 5.70. The van der Waals surface area contributed by atoms with Crippen molar-refractivity contribution in [3.05, 3.63) is 59.2 Å². The van der Waals surface area contributed by atoms with Gasteiger partial charge in [0.25, 0.3) is 5.91 Å². The Hall–Kier alpha value is -2.49. The highest BCUT2D eigenvalue weighted by atomic mass is 16.5. The number of carbonyl (C=O) groups is 1. The summed E-state index contributed by atoms with van der Waals surface area (Å²) in [5.41, 5.74) is 3.06. The number of rotatable bonds is 3. The third kappa shape index (κ3) is 2.77. The first kappa shape index (κ1) is 15.4. The first-order chi connectivity index (χ1) is 11.2. The summed E-state index contributed by atoms with van der Waals surface area (Å²) < 4.78 is 10.8. The van der Waals surface area contributed by atoms with E-state index in [0.717, 1.165) is 23.3 Å². The van der Waals surface area contributed by atoms with Crippen LogP contribution in [0.5, 0.6) is 11.5 Å². The summed E-state index contributed by atoms with van der Waals surface area (Å²) in [4.78, 5) is 14.7. The number of ether oxygens (including phenoxy) is 2. The van der Waals surface area contributed by atoms with Gasteiger partial charge in [-0.3, -0.25) is 4.79 Å². The van der Waals surface area contributed by atoms with E-state index >= 15 is 0 Å². The van der Waals surface area contributed by atoms with Gasteiger partial charge >= 0.3 is 0 Å². The van der Waals surface area contributed by atoms with Gasteiger partial charge < -0.3 is 14.4 Å². The zero-order valence-corrected chi connectivity index (χ0v) is 13.7. The molecule has 0 radical (unpaired) electrons. The monoisotopic (exact) mass is 311 g/mol. The quantitative estimate of drug-likeness (QED) is 0.871. The number of hydrogen-bond donors (Lipinski definition) is 0. The summed E-state index contributed by atoms with van der Waals surface area (Å²) in [6, 6.07) is 13.4. The maximum Gasteiger partial charge on any atom is 0.254 e. The van der Waals surface area contributed by atoms with E-state index in [1.54, 1.807) is 14.2 Å². The van der Waals surface area contributed by atoms with Crippen LogP contribution in [0.25, 0.3) is 0 Å². The molecular weight excluding hydrogens is 290 g/mol. The van der Waals surface area contributed by atoms with Crippen LogP contribution in [-0.4, -0.2) is 31.6 Å². The molecule has 120 valence electrons. The predicted molar refractivity (Wildman–Crippen MR) is 89.1 cm³/mol. The van der Waals surface area contributed by atoms with Crippen molar-refractivity contribution < 1.29 is 14.3 Å². The van der Waals surface area contributed by atoms with Gasteiger partial charge in [0, 0.05) is 12.1 Å². The van der Waals surface area contributed by atoms with Gasteiger partial charge in [0.1, 0.15) is 0 Å². The lowest BCUT2D eigenvalue weighted by Gasteiger charge is -2.36. The van der Waals surface area contributed by atoms with Crippen LogP contribution in [-0.2, 0) is 6.42 Å². The molecule has 1 aliphatic rings. The summed E-state index contributed by atoms with van der Waals surface area (Å²) in [5, 5.41) is 0. The number of amides is 1. The van der Waals surface area contributed by atoms with Crippen LogP contribution in [0.3, 0.4) is 0 Å². The molecule has 0 N–H and O–H groups in total. The van der Waals surface area contributed by atoms with E-state index in [2.05, 4.69) is 6.92 Å². The molecule has 1 heterocycles. The lowest BCUT2D eigenvalue weighted by atomic mass is 9.92. The Labute approximate surface area is 136 Å². The van der Waals surface area contributed by atoms with Crippen LogP contribution < -0.4 is 9.47 Å². The Morgan fingerprint density at radius 2 is 1.74 bits per heavy atom. The van der Waals surface area contributed by atoms with Crippen molar-refractivity contribution >= 4 is 5.91 Å². The molecule has 0 saturated heterocycles. The van der Waals surface area contributed by atoms with Crippen molar-refractivity contribution in [1.82, 2.24) is 4.90 Å². The van der Waals surface area contributed by atoms with Crippen LogP contribution in [0.15, 0.2) is 42.5 Å². The third-order valence-electron chi connectivity index (χ3n) is 4.47. The Bertz CT molecular complexity index is 712. The molecule has 1 amide bonds. The molecule has 2 aromatic carbocycles. The molecule has 1 atom stereocenters. The van der Waals surface area contributed by atoms with Gasteiger partial charge in [0.2, 0.25) is 0 Å². The fourth-order valence-electron chi connectivity index (χ4n) is 3.17. The second kappa shape index (κ2) is 6.32. The standard InChI is InChI=1S/C19H21NO3/c1-13-16-12-18(23-3)17(22-2)11-15(16)9-10-20(13)19(21)14-7-5-4-6-8-14/h4-8,11-13H,9-10H2,1-3H3. The van der Waals surface area contributed by atoms with Gasteiger partial charge in [0.05, 0.1) is 20.3 Å².